The minimum atomic E-state index is 0.0306. The summed E-state index contributed by atoms with van der Waals surface area (Å²) in [5, 5.41) is 6.54. The van der Waals surface area contributed by atoms with Crippen LogP contribution in [0.15, 0.2) is 48.5 Å². The van der Waals surface area contributed by atoms with E-state index in [-0.39, 0.29) is 5.91 Å². The highest BCUT2D eigenvalue weighted by molar-refractivity contribution is 5.94. The second-order valence-corrected chi connectivity index (χ2v) is 7.29. The molecule has 2 aliphatic heterocycles. The first-order valence-electron chi connectivity index (χ1n) is 9.73. The van der Waals surface area contributed by atoms with Crippen molar-refractivity contribution in [1.29, 1.82) is 0 Å². The van der Waals surface area contributed by atoms with Crippen LogP contribution in [0, 0.1) is 0 Å². The molecule has 2 aromatic carbocycles. The first-order chi connectivity index (χ1) is 12.8. The molecule has 2 aromatic rings. The molecular formula is C22H27N3O. The number of carbonyl (C=O) groups excluding carboxylic acids is 1. The van der Waals surface area contributed by atoms with E-state index in [4.69, 9.17) is 0 Å². The van der Waals surface area contributed by atoms with E-state index in [2.05, 4.69) is 51.9 Å². The maximum Gasteiger partial charge on any atom is 0.251 e. The number of nitrogens with one attached hydrogen (secondary N) is 2. The SMILES string of the molecule is O=C(NCCN1CCc2ccccc21)c1cccc([C@@H]2CCCNC2)c1. The highest BCUT2D eigenvalue weighted by Gasteiger charge is 2.19. The van der Waals surface area contributed by atoms with E-state index in [0.29, 0.717) is 12.5 Å². The minimum Gasteiger partial charge on any atom is -0.369 e. The maximum atomic E-state index is 12.6. The second-order valence-electron chi connectivity index (χ2n) is 7.29. The molecule has 4 nitrogen and oxygen atoms in total. The molecule has 0 spiro atoms. The third-order valence-corrected chi connectivity index (χ3v) is 5.57. The summed E-state index contributed by atoms with van der Waals surface area (Å²) in [4.78, 5) is 14.9. The lowest BCUT2D eigenvalue weighted by Gasteiger charge is -2.23. The number of fused-ring (bicyclic) bond motifs is 1. The van der Waals surface area contributed by atoms with Gasteiger partial charge in [-0.2, -0.15) is 0 Å². The van der Waals surface area contributed by atoms with Gasteiger partial charge in [0.05, 0.1) is 0 Å². The van der Waals surface area contributed by atoms with Gasteiger partial charge >= 0.3 is 0 Å². The van der Waals surface area contributed by atoms with E-state index < -0.39 is 0 Å². The highest BCUT2D eigenvalue weighted by Crippen LogP contribution is 2.27. The summed E-state index contributed by atoms with van der Waals surface area (Å²) in [6.45, 7) is 4.69. The van der Waals surface area contributed by atoms with Crippen molar-refractivity contribution in [3.8, 4) is 0 Å². The molecule has 1 amide bonds. The summed E-state index contributed by atoms with van der Waals surface area (Å²) in [6.07, 6.45) is 3.51. The summed E-state index contributed by atoms with van der Waals surface area (Å²) < 4.78 is 0. The average Bonchev–Trinajstić information content (AvgIpc) is 3.12. The molecule has 2 N–H and O–H groups in total. The number of rotatable bonds is 5. The van der Waals surface area contributed by atoms with Gasteiger partial charge < -0.3 is 15.5 Å². The molecule has 0 radical (unpaired) electrons. The van der Waals surface area contributed by atoms with Crippen LogP contribution in [-0.2, 0) is 6.42 Å². The van der Waals surface area contributed by atoms with Crippen LogP contribution in [0.1, 0.15) is 40.2 Å². The van der Waals surface area contributed by atoms with Crippen molar-refractivity contribution in [2.75, 3.05) is 37.6 Å². The topological polar surface area (TPSA) is 44.4 Å². The molecule has 1 saturated heterocycles. The predicted octanol–water partition coefficient (Wildman–Crippen LogP) is 2.95. The summed E-state index contributed by atoms with van der Waals surface area (Å²) in [6, 6.07) is 16.7. The second kappa shape index (κ2) is 7.92. The van der Waals surface area contributed by atoms with Crippen molar-refractivity contribution < 1.29 is 4.79 Å². The number of piperidine rings is 1. The van der Waals surface area contributed by atoms with Crippen molar-refractivity contribution in [3.05, 3.63) is 65.2 Å². The van der Waals surface area contributed by atoms with Gasteiger partial charge in [0.2, 0.25) is 0 Å². The van der Waals surface area contributed by atoms with Crippen LogP contribution in [0.25, 0.3) is 0 Å². The zero-order chi connectivity index (χ0) is 17.8. The third kappa shape index (κ3) is 3.75. The zero-order valence-corrected chi connectivity index (χ0v) is 15.2. The van der Waals surface area contributed by atoms with Gasteiger partial charge in [0, 0.05) is 37.4 Å². The Hall–Kier alpha value is -2.33. The fourth-order valence-corrected chi connectivity index (χ4v) is 4.12. The first-order valence-corrected chi connectivity index (χ1v) is 9.73. The Labute approximate surface area is 155 Å². The molecule has 0 bridgehead atoms. The number of hydrogen-bond donors (Lipinski definition) is 2. The molecule has 1 fully saturated rings. The Morgan fingerprint density at radius 1 is 1.19 bits per heavy atom. The monoisotopic (exact) mass is 349 g/mol. The summed E-state index contributed by atoms with van der Waals surface area (Å²) in [5.41, 5.74) is 4.77. The molecule has 0 aromatic heterocycles. The Kier molecular flexibility index (Phi) is 5.21. The van der Waals surface area contributed by atoms with Crippen LogP contribution in [0.5, 0.6) is 0 Å². The Morgan fingerprint density at radius 3 is 3.00 bits per heavy atom. The molecule has 26 heavy (non-hydrogen) atoms. The smallest absolute Gasteiger partial charge is 0.251 e. The summed E-state index contributed by atoms with van der Waals surface area (Å²) in [7, 11) is 0. The van der Waals surface area contributed by atoms with Gasteiger partial charge in [0.1, 0.15) is 0 Å². The standard InChI is InChI=1S/C22H27N3O/c26-22(19-7-3-6-18(15-19)20-8-4-11-23-16-20)24-12-14-25-13-10-17-5-1-2-9-21(17)25/h1-3,5-7,9,15,20,23H,4,8,10-14,16H2,(H,24,26)/t20-/m1/s1. The summed E-state index contributed by atoms with van der Waals surface area (Å²) >= 11 is 0. The highest BCUT2D eigenvalue weighted by atomic mass is 16.1. The van der Waals surface area contributed by atoms with Crippen molar-refractivity contribution in [1.82, 2.24) is 10.6 Å². The Balaban J connectivity index is 1.32. The molecule has 2 heterocycles. The van der Waals surface area contributed by atoms with Crippen LogP contribution in [0.2, 0.25) is 0 Å². The lowest BCUT2D eigenvalue weighted by Crippen LogP contribution is -2.34. The van der Waals surface area contributed by atoms with Gasteiger partial charge in [0.25, 0.3) is 5.91 Å². The van der Waals surface area contributed by atoms with Gasteiger partial charge in [-0.3, -0.25) is 4.79 Å². The third-order valence-electron chi connectivity index (χ3n) is 5.57. The number of para-hydroxylation sites is 1. The van der Waals surface area contributed by atoms with Gasteiger partial charge in [0.15, 0.2) is 0 Å². The molecule has 0 saturated carbocycles. The van der Waals surface area contributed by atoms with Crippen LogP contribution in [0.3, 0.4) is 0 Å². The molecule has 136 valence electrons. The average molecular weight is 349 g/mol. The molecular weight excluding hydrogens is 322 g/mol. The quantitative estimate of drug-likeness (QED) is 0.872. The fourth-order valence-electron chi connectivity index (χ4n) is 4.12. The van der Waals surface area contributed by atoms with Crippen molar-refractivity contribution in [2.45, 2.75) is 25.2 Å². The maximum absolute atomic E-state index is 12.6. The van der Waals surface area contributed by atoms with E-state index in [1.54, 1.807) is 0 Å². The molecule has 0 aliphatic carbocycles. The zero-order valence-electron chi connectivity index (χ0n) is 15.2. The van der Waals surface area contributed by atoms with Gasteiger partial charge in [-0.1, -0.05) is 30.3 Å². The number of carbonyl (C=O) groups is 1. The normalized spacial score (nSPS) is 19.2. The number of hydrogen-bond acceptors (Lipinski definition) is 3. The minimum absolute atomic E-state index is 0.0306. The van der Waals surface area contributed by atoms with Crippen molar-refractivity contribution in [2.24, 2.45) is 0 Å². The van der Waals surface area contributed by atoms with Gasteiger partial charge in [-0.05, 0) is 61.1 Å². The van der Waals surface area contributed by atoms with Crippen molar-refractivity contribution >= 4 is 11.6 Å². The van der Waals surface area contributed by atoms with E-state index >= 15 is 0 Å². The van der Waals surface area contributed by atoms with Crippen LogP contribution in [0.4, 0.5) is 5.69 Å². The van der Waals surface area contributed by atoms with Crippen LogP contribution in [-0.4, -0.2) is 38.6 Å². The predicted molar refractivity (Wildman–Crippen MR) is 106 cm³/mol. The largest absolute Gasteiger partial charge is 0.369 e. The fraction of sp³-hybridized carbons (Fsp3) is 0.409. The van der Waals surface area contributed by atoms with Crippen LogP contribution >= 0.6 is 0 Å². The molecule has 4 rings (SSSR count). The molecule has 0 unspecified atom stereocenters. The van der Waals surface area contributed by atoms with E-state index in [0.717, 1.165) is 38.2 Å². The lowest BCUT2D eigenvalue weighted by molar-refractivity contribution is 0.0954. The van der Waals surface area contributed by atoms with E-state index in [9.17, 15) is 4.79 Å². The van der Waals surface area contributed by atoms with Gasteiger partial charge in [-0.15, -0.1) is 0 Å². The molecule has 4 heteroatoms. The number of amides is 1. The van der Waals surface area contributed by atoms with E-state index in [1.165, 1.54) is 29.7 Å². The van der Waals surface area contributed by atoms with Crippen LogP contribution < -0.4 is 15.5 Å². The summed E-state index contributed by atoms with van der Waals surface area (Å²) in [5.74, 6) is 0.556. The molecule has 2 aliphatic rings. The van der Waals surface area contributed by atoms with E-state index in [1.807, 2.05) is 12.1 Å². The van der Waals surface area contributed by atoms with Gasteiger partial charge in [-0.25, -0.2) is 0 Å². The molecule has 1 atom stereocenters. The number of nitrogens with zero attached hydrogens (tertiary/aromatic N) is 1. The Bertz CT molecular complexity index is 767. The number of anilines is 1. The Morgan fingerprint density at radius 2 is 2.12 bits per heavy atom. The van der Waals surface area contributed by atoms with Crippen molar-refractivity contribution in [3.63, 3.8) is 0 Å². The number of benzene rings is 2. The first kappa shape index (κ1) is 17.1. The lowest BCUT2D eigenvalue weighted by atomic mass is 9.90.